The standard InChI is InChI=1S/C21H16N4O5S/c22-10-16-20(18-2-1-7-29-18)15-8-12(17(26)9-19(15)30-21(16)23)11-25-13-3-5-14(6-4-13)31(24,27)28/h1-9,11,20,26H,23H2,(H2,24,27,28)/t20-/m0/s1. The van der Waals surface area contributed by atoms with Gasteiger partial charge in [0.25, 0.3) is 0 Å². The molecule has 0 spiro atoms. The van der Waals surface area contributed by atoms with Gasteiger partial charge < -0.3 is 20.0 Å². The molecule has 0 aliphatic carbocycles. The van der Waals surface area contributed by atoms with Crippen LogP contribution < -0.4 is 15.6 Å². The Labute approximate surface area is 177 Å². The van der Waals surface area contributed by atoms with E-state index in [1.807, 2.05) is 0 Å². The lowest BCUT2D eigenvalue weighted by molar-refractivity contribution is 0.379. The molecule has 2 heterocycles. The zero-order valence-electron chi connectivity index (χ0n) is 15.9. The third-order valence-electron chi connectivity index (χ3n) is 4.71. The summed E-state index contributed by atoms with van der Waals surface area (Å²) >= 11 is 0. The average molecular weight is 436 g/mol. The van der Waals surface area contributed by atoms with Crippen LogP contribution in [0.15, 0.2) is 80.6 Å². The minimum Gasteiger partial charge on any atom is -0.507 e. The summed E-state index contributed by atoms with van der Waals surface area (Å²) in [6, 6.07) is 14.1. The first kappa shape index (κ1) is 20.2. The third-order valence-corrected chi connectivity index (χ3v) is 5.64. The Balaban J connectivity index is 1.74. The second-order valence-electron chi connectivity index (χ2n) is 6.69. The number of nitrogens with two attached hydrogens (primary N) is 2. The molecule has 0 radical (unpaired) electrons. The molecule has 0 bridgehead atoms. The zero-order valence-corrected chi connectivity index (χ0v) is 16.7. The minimum atomic E-state index is -3.80. The summed E-state index contributed by atoms with van der Waals surface area (Å²) < 4.78 is 33.7. The highest BCUT2D eigenvalue weighted by Gasteiger charge is 2.33. The van der Waals surface area contributed by atoms with E-state index in [1.165, 1.54) is 42.8 Å². The van der Waals surface area contributed by atoms with Gasteiger partial charge >= 0.3 is 0 Å². The van der Waals surface area contributed by atoms with Crippen molar-refractivity contribution in [1.82, 2.24) is 0 Å². The Morgan fingerprint density at radius 3 is 2.55 bits per heavy atom. The van der Waals surface area contributed by atoms with E-state index in [2.05, 4.69) is 11.1 Å². The molecule has 0 saturated carbocycles. The minimum absolute atomic E-state index is 0.0325. The van der Waals surface area contributed by atoms with Crippen LogP contribution in [0, 0.1) is 11.3 Å². The van der Waals surface area contributed by atoms with Gasteiger partial charge in [-0.3, -0.25) is 4.99 Å². The fourth-order valence-corrected chi connectivity index (χ4v) is 3.74. The normalized spacial score (nSPS) is 16.1. The van der Waals surface area contributed by atoms with Gasteiger partial charge in [-0.2, -0.15) is 5.26 Å². The molecule has 31 heavy (non-hydrogen) atoms. The number of ether oxygens (including phenoxy) is 1. The van der Waals surface area contributed by atoms with E-state index >= 15 is 0 Å². The smallest absolute Gasteiger partial charge is 0.238 e. The molecule has 156 valence electrons. The summed E-state index contributed by atoms with van der Waals surface area (Å²) in [4.78, 5) is 4.23. The number of aromatic hydroxyl groups is 1. The SMILES string of the molecule is N#CC1=C(N)Oc2cc(O)c(C=Nc3ccc(S(N)(=O)=O)cc3)cc2[C@@H]1c1ccco1. The molecule has 0 fully saturated rings. The number of fused-ring (bicyclic) bond motifs is 1. The summed E-state index contributed by atoms with van der Waals surface area (Å²) in [6.07, 6.45) is 2.90. The maximum atomic E-state index is 11.4. The van der Waals surface area contributed by atoms with Crippen molar-refractivity contribution in [2.75, 3.05) is 0 Å². The van der Waals surface area contributed by atoms with E-state index in [0.29, 0.717) is 28.3 Å². The number of primary sulfonamides is 1. The summed E-state index contributed by atoms with van der Waals surface area (Å²) in [7, 11) is -3.80. The predicted molar refractivity (Wildman–Crippen MR) is 111 cm³/mol. The molecular weight excluding hydrogens is 420 g/mol. The van der Waals surface area contributed by atoms with Crippen molar-refractivity contribution in [3.8, 4) is 17.6 Å². The first-order valence-corrected chi connectivity index (χ1v) is 10.5. The number of furan rings is 1. The fraction of sp³-hybridized carbons (Fsp3) is 0.0476. The number of rotatable bonds is 4. The predicted octanol–water partition coefficient (Wildman–Crippen LogP) is 2.60. The summed E-state index contributed by atoms with van der Waals surface area (Å²) in [5, 5.41) is 25.1. The van der Waals surface area contributed by atoms with Gasteiger partial charge in [0.15, 0.2) is 0 Å². The second-order valence-corrected chi connectivity index (χ2v) is 8.25. The number of phenols is 1. The van der Waals surface area contributed by atoms with Crippen molar-refractivity contribution in [1.29, 1.82) is 5.26 Å². The van der Waals surface area contributed by atoms with Gasteiger partial charge in [0.2, 0.25) is 15.9 Å². The highest BCUT2D eigenvalue weighted by molar-refractivity contribution is 7.89. The molecule has 1 aliphatic rings. The lowest BCUT2D eigenvalue weighted by Crippen LogP contribution is -2.21. The Morgan fingerprint density at radius 2 is 1.94 bits per heavy atom. The first-order valence-electron chi connectivity index (χ1n) is 8.93. The topological polar surface area (TPSA) is 165 Å². The van der Waals surface area contributed by atoms with E-state index in [4.69, 9.17) is 20.0 Å². The molecule has 3 aromatic rings. The van der Waals surface area contributed by atoms with Crippen molar-refractivity contribution in [3.05, 3.63) is 83.1 Å². The Kier molecular flexibility index (Phi) is 4.98. The molecule has 1 atom stereocenters. The van der Waals surface area contributed by atoms with Gasteiger partial charge in [-0.1, -0.05) is 0 Å². The lowest BCUT2D eigenvalue weighted by atomic mass is 9.86. The number of aliphatic imine (C=N–C) groups is 1. The number of nitrogens with zero attached hydrogens (tertiary/aromatic N) is 2. The van der Waals surface area contributed by atoms with E-state index in [9.17, 15) is 18.8 Å². The number of hydrogen-bond acceptors (Lipinski definition) is 8. The summed E-state index contributed by atoms with van der Waals surface area (Å²) in [5.41, 5.74) is 7.47. The van der Waals surface area contributed by atoms with Crippen molar-refractivity contribution in [3.63, 3.8) is 0 Å². The monoisotopic (exact) mass is 436 g/mol. The lowest BCUT2D eigenvalue weighted by Gasteiger charge is -2.25. The molecule has 0 unspecified atom stereocenters. The van der Waals surface area contributed by atoms with Crippen LogP contribution >= 0.6 is 0 Å². The number of sulfonamides is 1. The van der Waals surface area contributed by atoms with Crippen molar-refractivity contribution >= 4 is 21.9 Å². The van der Waals surface area contributed by atoms with Gasteiger partial charge in [-0.25, -0.2) is 13.6 Å². The molecule has 0 amide bonds. The van der Waals surface area contributed by atoms with Crippen LogP contribution in [0.2, 0.25) is 0 Å². The Bertz CT molecular complexity index is 1350. The van der Waals surface area contributed by atoms with E-state index in [-0.39, 0.29) is 22.1 Å². The zero-order chi connectivity index (χ0) is 22.2. The number of allylic oxidation sites excluding steroid dienone is 1. The molecule has 2 aromatic carbocycles. The number of phenolic OH excluding ortho intramolecular Hbond substituents is 1. The van der Waals surface area contributed by atoms with E-state index in [0.717, 1.165) is 0 Å². The van der Waals surface area contributed by atoms with Crippen LogP contribution in [0.5, 0.6) is 11.5 Å². The van der Waals surface area contributed by atoms with E-state index < -0.39 is 15.9 Å². The molecule has 10 heteroatoms. The molecule has 1 aliphatic heterocycles. The van der Waals surface area contributed by atoms with Crippen LogP contribution in [-0.2, 0) is 10.0 Å². The highest BCUT2D eigenvalue weighted by Crippen LogP contribution is 2.44. The number of benzene rings is 2. The van der Waals surface area contributed by atoms with E-state index in [1.54, 1.807) is 18.2 Å². The van der Waals surface area contributed by atoms with Gasteiger partial charge in [-0.15, -0.1) is 0 Å². The van der Waals surface area contributed by atoms with Crippen LogP contribution in [0.3, 0.4) is 0 Å². The van der Waals surface area contributed by atoms with Gasteiger partial charge in [0.1, 0.15) is 28.9 Å². The van der Waals surface area contributed by atoms with Gasteiger partial charge in [0.05, 0.1) is 22.8 Å². The Morgan fingerprint density at radius 1 is 1.19 bits per heavy atom. The van der Waals surface area contributed by atoms with Gasteiger partial charge in [0, 0.05) is 23.4 Å². The second kappa shape index (κ2) is 7.64. The fourth-order valence-electron chi connectivity index (χ4n) is 3.23. The van der Waals surface area contributed by atoms with Gasteiger partial charge in [-0.05, 0) is 42.5 Å². The molecule has 4 rings (SSSR count). The molecule has 5 N–H and O–H groups in total. The summed E-state index contributed by atoms with van der Waals surface area (Å²) in [5.74, 6) is 0.00836. The quantitative estimate of drug-likeness (QED) is 0.529. The summed E-state index contributed by atoms with van der Waals surface area (Å²) in [6.45, 7) is 0. The molecule has 9 nitrogen and oxygen atoms in total. The van der Waals surface area contributed by atoms with Crippen LogP contribution in [-0.4, -0.2) is 19.7 Å². The van der Waals surface area contributed by atoms with Crippen molar-refractivity contribution in [2.45, 2.75) is 10.8 Å². The molecule has 0 saturated heterocycles. The largest absolute Gasteiger partial charge is 0.507 e. The van der Waals surface area contributed by atoms with Crippen molar-refractivity contribution < 1.29 is 22.7 Å². The average Bonchev–Trinajstić information content (AvgIpc) is 3.25. The highest BCUT2D eigenvalue weighted by atomic mass is 32.2. The first-order chi connectivity index (χ1) is 14.8. The number of hydrogen-bond donors (Lipinski definition) is 3. The van der Waals surface area contributed by atoms with Crippen molar-refractivity contribution in [2.24, 2.45) is 15.9 Å². The third kappa shape index (κ3) is 3.87. The maximum Gasteiger partial charge on any atom is 0.238 e. The number of nitriles is 1. The maximum absolute atomic E-state index is 11.4. The van der Waals surface area contributed by atoms with Crippen LogP contribution in [0.1, 0.15) is 22.8 Å². The molecular formula is C21H16N4O5S. The van der Waals surface area contributed by atoms with Crippen LogP contribution in [0.4, 0.5) is 5.69 Å². The molecule has 1 aromatic heterocycles. The van der Waals surface area contributed by atoms with Crippen LogP contribution in [0.25, 0.3) is 0 Å². The Hall–Kier alpha value is -4.07.